The second kappa shape index (κ2) is 28.7. The van der Waals surface area contributed by atoms with E-state index in [9.17, 15) is 47.7 Å². The van der Waals surface area contributed by atoms with E-state index in [0.717, 1.165) is 64.7 Å². The standard InChI is InChI=1S/C67H81F2N6O15P/c1-40(44-26-28-49(29-27-44)67(68,69)91(85,89-38-87-62(82)65(3,4)5)90-39-88-63(83)66(6,7)8)34-50(76)35-48-25-24-46-16-12-18-47-36-54(75(57(46)47)61(48)81)60(80)71-51(30-32-55(70)77)41(2)86-37-43-22-20-42(21-23-43)14-10-11-15-45-17-13-19-52-58(45)73(9)64(84)74(52)53-31-33-56(78)72-59(53)79/h12-13,16-23,26-29,34,41,48,51,53-54H,10-11,14-15,24-25,30-33,35-39H2,1-9H3,(H2,70,77)(H,71,80)(H,72,78,79)/b40-34+/t41-,48-,51+,53?,54+/m1/s1. The van der Waals surface area contributed by atoms with Crippen molar-refractivity contribution in [1.82, 2.24) is 19.8 Å². The number of aromatic nitrogens is 2. The number of hydrogen-bond donors (Lipinski definition) is 3. The zero-order valence-corrected chi connectivity index (χ0v) is 53.8. The Kier molecular flexibility index (Phi) is 21.7. The third kappa shape index (κ3) is 16.2. The van der Waals surface area contributed by atoms with Crippen LogP contribution in [0.2, 0.25) is 0 Å². The van der Waals surface area contributed by atoms with Crippen molar-refractivity contribution in [3.63, 3.8) is 0 Å². The van der Waals surface area contributed by atoms with Crippen molar-refractivity contribution >= 4 is 77.1 Å². The van der Waals surface area contributed by atoms with Crippen molar-refractivity contribution in [2.45, 2.75) is 169 Å². The van der Waals surface area contributed by atoms with Gasteiger partial charge in [-0.15, -0.1) is 0 Å². The van der Waals surface area contributed by atoms with E-state index in [-0.39, 0.29) is 56.7 Å². The Morgan fingerprint density at radius 1 is 0.802 bits per heavy atom. The molecule has 3 aliphatic rings. The number of piperidine rings is 1. The summed E-state index contributed by atoms with van der Waals surface area (Å²) in [4.78, 5) is 120. The predicted molar refractivity (Wildman–Crippen MR) is 334 cm³/mol. The van der Waals surface area contributed by atoms with Crippen LogP contribution in [-0.2, 0) is 111 Å². The topological polar surface area (TPSA) is 280 Å². The number of primary amides is 1. The number of rotatable bonds is 27. The first kappa shape index (κ1) is 68.9. The van der Waals surface area contributed by atoms with Crippen molar-refractivity contribution in [2.75, 3.05) is 18.5 Å². The maximum atomic E-state index is 16.3. The highest BCUT2D eigenvalue weighted by Crippen LogP contribution is 2.67. The quantitative estimate of drug-likeness (QED) is 0.0110. The summed E-state index contributed by atoms with van der Waals surface area (Å²) in [5.74, 6) is -5.25. The van der Waals surface area contributed by atoms with Crippen LogP contribution in [0.1, 0.15) is 152 Å². The molecule has 1 unspecified atom stereocenters. The monoisotopic (exact) mass is 1280 g/mol. The summed E-state index contributed by atoms with van der Waals surface area (Å²) in [6, 6.07) is 21.3. The molecule has 488 valence electrons. The number of nitrogens with one attached hydrogen (secondary N) is 2. The van der Waals surface area contributed by atoms with Crippen LogP contribution >= 0.6 is 7.60 Å². The Hall–Kier alpha value is -7.98. The number of carbonyl (C=O) groups is 8. The maximum absolute atomic E-state index is 16.3. The van der Waals surface area contributed by atoms with E-state index in [1.165, 1.54) is 69.2 Å². The van der Waals surface area contributed by atoms with Gasteiger partial charge in [-0.05, 0) is 158 Å². The third-order valence-corrected chi connectivity index (χ3v) is 18.6. The zero-order valence-electron chi connectivity index (χ0n) is 52.9. The predicted octanol–water partition coefficient (Wildman–Crippen LogP) is 9.49. The Morgan fingerprint density at radius 2 is 1.42 bits per heavy atom. The van der Waals surface area contributed by atoms with Crippen LogP contribution in [0.25, 0.3) is 16.6 Å². The molecule has 3 aliphatic heterocycles. The maximum Gasteiger partial charge on any atom is 0.410 e. The average molecular weight is 1280 g/mol. The van der Waals surface area contributed by atoms with Crippen LogP contribution in [0.15, 0.2) is 95.8 Å². The molecule has 5 atom stereocenters. The molecule has 8 rings (SSSR count). The number of anilines is 1. The molecule has 1 aromatic heterocycles. The molecule has 5 aromatic rings. The number of aryl methyl sites for hydroxylation is 4. The molecule has 5 amide bonds. The number of nitrogens with two attached hydrogens (primary N) is 1. The number of halogens is 2. The van der Waals surface area contributed by atoms with E-state index >= 15 is 8.78 Å². The number of amides is 5. The molecular formula is C67H81F2N6O15P. The van der Waals surface area contributed by atoms with Crippen molar-refractivity contribution < 1.29 is 75.0 Å². The Morgan fingerprint density at radius 3 is 2.04 bits per heavy atom. The fourth-order valence-corrected chi connectivity index (χ4v) is 12.7. The van der Waals surface area contributed by atoms with E-state index in [2.05, 4.69) is 10.6 Å². The summed E-state index contributed by atoms with van der Waals surface area (Å²) in [6.07, 6.45) is 5.08. The van der Waals surface area contributed by atoms with Crippen molar-refractivity contribution in [3.05, 3.63) is 140 Å². The van der Waals surface area contributed by atoms with E-state index in [0.29, 0.717) is 41.6 Å². The molecule has 1 fully saturated rings. The number of ketones is 1. The number of carbonyl (C=O) groups excluding carboxylic acids is 8. The molecule has 0 radical (unpaired) electrons. The van der Waals surface area contributed by atoms with Gasteiger partial charge in [-0.3, -0.25) is 71.3 Å². The summed E-state index contributed by atoms with van der Waals surface area (Å²) < 4.78 is 75.7. The number of imide groups is 1. The molecule has 4 aromatic carbocycles. The van der Waals surface area contributed by atoms with E-state index in [4.69, 9.17) is 29.0 Å². The van der Waals surface area contributed by atoms with Crippen LogP contribution < -0.4 is 27.0 Å². The fraction of sp³-hybridized carbons (Fsp3) is 0.478. The molecule has 91 heavy (non-hydrogen) atoms. The lowest BCUT2D eigenvalue weighted by atomic mass is 9.92. The van der Waals surface area contributed by atoms with Gasteiger partial charge in [-0.25, -0.2) is 4.79 Å². The first-order chi connectivity index (χ1) is 42.9. The lowest BCUT2D eigenvalue weighted by Crippen LogP contribution is -2.54. The molecule has 0 saturated carbocycles. The van der Waals surface area contributed by atoms with Crippen LogP contribution in [0.4, 0.5) is 14.5 Å². The van der Waals surface area contributed by atoms with Gasteiger partial charge in [-0.2, -0.15) is 8.78 Å². The number of ether oxygens (including phenoxy) is 3. The molecule has 24 heteroatoms. The zero-order chi connectivity index (χ0) is 66.3. The van der Waals surface area contributed by atoms with Gasteiger partial charge in [0.05, 0.1) is 46.3 Å². The number of fused-ring (bicyclic) bond motifs is 1. The van der Waals surface area contributed by atoms with Crippen LogP contribution in [-0.4, -0.2) is 88.2 Å². The number of nitrogens with zero attached hydrogens (tertiary/aromatic N) is 3. The van der Waals surface area contributed by atoms with Crippen molar-refractivity contribution in [1.29, 1.82) is 0 Å². The number of hydrogen-bond acceptors (Lipinski definition) is 15. The summed E-state index contributed by atoms with van der Waals surface area (Å²) >= 11 is 0. The van der Waals surface area contributed by atoms with Gasteiger partial charge in [0.2, 0.25) is 43.1 Å². The Bertz CT molecular complexity index is 3700. The molecule has 1 saturated heterocycles. The minimum atomic E-state index is -5.60. The highest BCUT2D eigenvalue weighted by atomic mass is 31.2. The van der Waals surface area contributed by atoms with Gasteiger partial charge in [0, 0.05) is 44.2 Å². The fourth-order valence-electron chi connectivity index (χ4n) is 11.5. The van der Waals surface area contributed by atoms with Gasteiger partial charge in [-0.1, -0.05) is 78.9 Å². The lowest BCUT2D eigenvalue weighted by Gasteiger charge is -2.31. The number of esters is 2. The first-order valence-corrected chi connectivity index (χ1v) is 32.1. The number of unbranched alkanes of at least 4 members (excludes halogenated alkanes) is 1. The minimum absolute atomic E-state index is 0.0526. The Labute approximate surface area is 527 Å². The van der Waals surface area contributed by atoms with Crippen LogP contribution in [0.3, 0.4) is 0 Å². The highest BCUT2D eigenvalue weighted by molar-refractivity contribution is 7.54. The van der Waals surface area contributed by atoms with Crippen molar-refractivity contribution in [3.8, 4) is 0 Å². The highest BCUT2D eigenvalue weighted by Gasteiger charge is 2.56. The number of allylic oxidation sites excluding steroid dienone is 2. The summed E-state index contributed by atoms with van der Waals surface area (Å²) in [6.45, 7) is 10.3. The van der Waals surface area contributed by atoms with Gasteiger partial charge >= 0.3 is 30.9 Å². The molecule has 4 heterocycles. The number of benzene rings is 4. The minimum Gasteiger partial charge on any atom is -0.438 e. The van der Waals surface area contributed by atoms with Gasteiger partial charge in [0.25, 0.3) is 0 Å². The lowest BCUT2D eigenvalue weighted by molar-refractivity contribution is -0.163. The first-order valence-electron chi connectivity index (χ1n) is 30.6. The second-order valence-corrected chi connectivity index (χ2v) is 27.8. The second-order valence-electron chi connectivity index (χ2n) is 25.7. The molecular weight excluding hydrogens is 1200 g/mol. The van der Waals surface area contributed by atoms with Gasteiger partial charge in [0.15, 0.2) is 5.78 Å². The van der Waals surface area contributed by atoms with E-state index in [1.54, 1.807) is 25.5 Å². The summed E-state index contributed by atoms with van der Waals surface area (Å²) in [5, 5.41) is 5.43. The SMILES string of the molecule is C/C(=C\C(=O)C[C@H]1CCc2cccc3c2N(C1=O)[C@H](C(=O)N[C@@H](CCC(N)=O)[C@@H](C)OCc1ccc(CCCCc2cccc4c2n(C)c(=O)n4C2CCC(=O)NC2=O)cc1)C3)c1ccc(C(F)(F)P(=O)(OCOC(=O)C(C)(C)C)OCOC(=O)C(C)(C)C)cc1. The average Bonchev–Trinajstić information content (AvgIpc) is 1.71. The third-order valence-electron chi connectivity index (χ3n) is 16.7. The molecule has 0 aliphatic carbocycles. The molecule has 21 nitrogen and oxygen atoms in total. The molecule has 4 N–H and O–H groups in total. The largest absolute Gasteiger partial charge is 0.438 e. The number of imidazole rings is 1. The van der Waals surface area contributed by atoms with Gasteiger partial charge < -0.3 is 25.3 Å². The summed E-state index contributed by atoms with van der Waals surface area (Å²) in [5.41, 5.74) is 5.34. The van der Waals surface area contributed by atoms with E-state index in [1.807, 2.05) is 60.7 Å². The molecule has 0 spiro atoms. The van der Waals surface area contributed by atoms with Crippen LogP contribution in [0, 0.1) is 16.7 Å². The molecule has 0 bridgehead atoms. The van der Waals surface area contributed by atoms with Crippen molar-refractivity contribution in [2.24, 2.45) is 29.5 Å². The van der Waals surface area contributed by atoms with E-state index < -0.39 is 115 Å². The smallest absolute Gasteiger partial charge is 0.410 e. The summed E-state index contributed by atoms with van der Waals surface area (Å²) in [7, 11) is -3.90. The van der Waals surface area contributed by atoms with Crippen LogP contribution in [0.5, 0.6) is 0 Å². The number of para-hydroxylation sites is 2. The normalized spacial score (nSPS) is 17.9. The Balaban J connectivity index is 0.875. The van der Waals surface area contributed by atoms with Gasteiger partial charge in [0.1, 0.15) is 12.1 Å². The number of alkyl halides is 2.